The van der Waals surface area contributed by atoms with E-state index in [-0.39, 0.29) is 19.1 Å². The van der Waals surface area contributed by atoms with Gasteiger partial charge in [0.25, 0.3) is 5.91 Å². The Labute approximate surface area is 118 Å². The van der Waals surface area contributed by atoms with Gasteiger partial charge in [0.2, 0.25) is 0 Å². The van der Waals surface area contributed by atoms with Crippen molar-refractivity contribution in [2.45, 2.75) is 6.10 Å². The Balaban J connectivity index is 2.17. The summed E-state index contributed by atoms with van der Waals surface area (Å²) in [4.78, 5) is 24.6. The van der Waals surface area contributed by atoms with Crippen LogP contribution in [0.25, 0.3) is 0 Å². The molecule has 0 saturated carbocycles. The molecular formula is C12H13BrN2O4. The molecule has 1 aromatic carbocycles. The lowest BCUT2D eigenvalue weighted by Crippen LogP contribution is -2.48. The van der Waals surface area contributed by atoms with Crippen LogP contribution in [0.15, 0.2) is 22.7 Å². The molecule has 102 valence electrons. The summed E-state index contributed by atoms with van der Waals surface area (Å²) in [6.07, 6.45) is -0.977. The van der Waals surface area contributed by atoms with Crippen molar-refractivity contribution in [3.05, 3.63) is 28.2 Å². The van der Waals surface area contributed by atoms with Crippen molar-refractivity contribution in [1.82, 2.24) is 4.90 Å². The zero-order valence-electron chi connectivity index (χ0n) is 10.0. The lowest BCUT2D eigenvalue weighted by molar-refractivity contribution is -0.154. The number of hydrogen-bond donors (Lipinski definition) is 2. The van der Waals surface area contributed by atoms with E-state index in [1.165, 1.54) is 4.90 Å². The largest absolute Gasteiger partial charge is 0.479 e. The van der Waals surface area contributed by atoms with E-state index >= 15 is 0 Å². The quantitative estimate of drug-likeness (QED) is 0.789. The van der Waals surface area contributed by atoms with Crippen molar-refractivity contribution in [3.8, 4) is 0 Å². The average molecular weight is 329 g/mol. The zero-order chi connectivity index (χ0) is 14.0. The summed E-state index contributed by atoms with van der Waals surface area (Å²) in [6.45, 7) is 0.598. The number of carboxylic acid groups (broad SMARTS) is 1. The number of carbonyl (C=O) groups excluding carboxylic acids is 1. The van der Waals surface area contributed by atoms with Gasteiger partial charge in [-0.25, -0.2) is 4.79 Å². The first kappa shape index (κ1) is 13.8. The van der Waals surface area contributed by atoms with Crippen LogP contribution in [0.4, 0.5) is 5.69 Å². The van der Waals surface area contributed by atoms with Crippen LogP contribution >= 0.6 is 15.9 Å². The molecule has 1 aromatic rings. The third-order valence-electron chi connectivity index (χ3n) is 2.87. The lowest BCUT2D eigenvalue weighted by atomic mass is 10.1. The number of carboxylic acids is 1. The van der Waals surface area contributed by atoms with Crippen LogP contribution in [0.3, 0.4) is 0 Å². The van der Waals surface area contributed by atoms with Crippen LogP contribution in [-0.4, -0.2) is 47.7 Å². The number of nitrogens with zero attached hydrogens (tertiary/aromatic N) is 1. The molecule has 0 aromatic heterocycles. The van der Waals surface area contributed by atoms with Crippen LogP contribution in [0.2, 0.25) is 0 Å². The number of rotatable bonds is 2. The molecule has 0 radical (unpaired) electrons. The Morgan fingerprint density at radius 3 is 2.84 bits per heavy atom. The molecule has 1 aliphatic heterocycles. The van der Waals surface area contributed by atoms with Gasteiger partial charge in [0.05, 0.1) is 18.7 Å². The van der Waals surface area contributed by atoms with Gasteiger partial charge in [-0.05, 0) is 18.2 Å². The van der Waals surface area contributed by atoms with Gasteiger partial charge in [-0.3, -0.25) is 4.79 Å². The Hall–Kier alpha value is -1.60. The maximum absolute atomic E-state index is 12.3. The fourth-order valence-corrected chi connectivity index (χ4v) is 2.26. The minimum absolute atomic E-state index is 0.0314. The van der Waals surface area contributed by atoms with E-state index in [0.717, 1.165) is 4.47 Å². The van der Waals surface area contributed by atoms with Crippen molar-refractivity contribution >= 4 is 33.5 Å². The van der Waals surface area contributed by atoms with Gasteiger partial charge in [0.1, 0.15) is 0 Å². The van der Waals surface area contributed by atoms with Crippen LogP contribution in [0, 0.1) is 0 Å². The second kappa shape index (κ2) is 5.58. The summed E-state index contributed by atoms with van der Waals surface area (Å²) < 4.78 is 5.86. The molecular weight excluding hydrogens is 316 g/mol. The van der Waals surface area contributed by atoms with E-state index in [1.54, 1.807) is 18.2 Å². The molecule has 1 heterocycles. The predicted octanol–water partition coefficient (Wildman–Crippen LogP) is 0.957. The third-order valence-corrected chi connectivity index (χ3v) is 3.37. The average Bonchev–Trinajstić information content (AvgIpc) is 2.38. The molecule has 3 N–H and O–H groups in total. The number of morpholine rings is 1. The number of halogens is 1. The molecule has 1 aliphatic rings. The van der Waals surface area contributed by atoms with E-state index in [0.29, 0.717) is 17.8 Å². The Morgan fingerprint density at radius 1 is 1.47 bits per heavy atom. The highest BCUT2D eigenvalue weighted by molar-refractivity contribution is 9.10. The number of nitrogens with two attached hydrogens (primary N) is 1. The summed E-state index contributed by atoms with van der Waals surface area (Å²) >= 11 is 3.27. The minimum atomic E-state index is -1.07. The van der Waals surface area contributed by atoms with Crippen molar-refractivity contribution < 1.29 is 19.4 Å². The first-order chi connectivity index (χ1) is 8.99. The second-order valence-corrected chi connectivity index (χ2v) is 5.10. The number of nitrogen functional groups attached to an aromatic ring is 1. The number of ether oxygens (including phenoxy) is 1. The summed E-state index contributed by atoms with van der Waals surface area (Å²) in [7, 11) is 0. The van der Waals surface area contributed by atoms with Gasteiger partial charge < -0.3 is 20.5 Å². The zero-order valence-corrected chi connectivity index (χ0v) is 11.6. The molecule has 6 nitrogen and oxygen atoms in total. The number of hydrogen-bond acceptors (Lipinski definition) is 4. The van der Waals surface area contributed by atoms with Gasteiger partial charge in [-0.15, -0.1) is 0 Å². The van der Waals surface area contributed by atoms with E-state index < -0.39 is 12.1 Å². The third kappa shape index (κ3) is 3.05. The van der Waals surface area contributed by atoms with Crippen molar-refractivity contribution in [3.63, 3.8) is 0 Å². The maximum atomic E-state index is 12.3. The normalized spacial score (nSPS) is 19.2. The number of aliphatic carboxylic acids is 1. The van der Waals surface area contributed by atoms with Gasteiger partial charge in [-0.2, -0.15) is 0 Å². The fraction of sp³-hybridized carbons (Fsp3) is 0.333. The standard InChI is InChI=1S/C12H13BrN2O4/c13-7-1-2-8(9(14)5-7)11(16)15-3-4-19-10(6-15)12(17)18/h1-2,5,10H,3-4,6,14H2,(H,17,18). The molecule has 1 atom stereocenters. The monoisotopic (exact) mass is 328 g/mol. The molecule has 0 aliphatic carbocycles. The molecule has 0 bridgehead atoms. The maximum Gasteiger partial charge on any atom is 0.334 e. The molecule has 1 amide bonds. The van der Waals surface area contributed by atoms with Gasteiger partial charge in [0, 0.05) is 16.7 Å². The van der Waals surface area contributed by atoms with Crippen LogP contribution < -0.4 is 5.73 Å². The molecule has 0 spiro atoms. The number of anilines is 1. The Bertz CT molecular complexity index is 520. The van der Waals surface area contributed by atoms with Crippen molar-refractivity contribution in [2.24, 2.45) is 0 Å². The number of amides is 1. The summed E-state index contributed by atoms with van der Waals surface area (Å²) in [5.41, 5.74) is 6.53. The highest BCUT2D eigenvalue weighted by Gasteiger charge is 2.30. The van der Waals surface area contributed by atoms with E-state index in [1.807, 2.05) is 0 Å². The lowest BCUT2D eigenvalue weighted by Gasteiger charge is -2.31. The number of carbonyl (C=O) groups is 2. The first-order valence-corrected chi connectivity index (χ1v) is 6.47. The van der Waals surface area contributed by atoms with E-state index in [9.17, 15) is 9.59 Å². The molecule has 7 heteroatoms. The summed E-state index contributed by atoms with van der Waals surface area (Å²) in [6, 6.07) is 4.98. The molecule has 1 fully saturated rings. The molecule has 2 rings (SSSR count). The van der Waals surface area contributed by atoms with Crippen molar-refractivity contribution in [1.29, 1.82) is 0 Å². The minimum Gasteiger partial charge on any atom is -0.479 e. The molecule has 1 unspecified atom stereocenters. The van der Waals surface area contributed by atoms with Crippen LogP contribution in [0.1, 0.15) is 10.4 Å². The first-order valence-electron chi connectivity index (χ1n) is 5.67. The van der Waals surface area contributed by atoms with Gasteiger partial charge in [-0.1, -0.05) is 15.9 Å². The van der Waals surface area contributed by atoms with E-state index in [4.69, 9.17) is 15.6 Å². The van der Waals surface area contributed by atoms with Gasteiger partial charge >= 0.3 is 5.97 Å². The highest BCUT2D eigenvalue weighted by atomic mass is 79.9. The smallest absolute Gasteiger partial charge is 0.334 e. The molecule has 1 saturated heterocycles. The summed E-state index contributed by atoms with van der Waals surface area (Å²) in [5, 5.41) is 8.91. The predicted molar refractivity (Wildman–Crippen MR) is 71.8 cm³/mol. The SMILES string of the molecule is Nc1cc(Br)ccc1C(=O)N1CCOC(C(=O)O)C1. The van der Waals surface area contributed by atoms with Crippen molar-refractivity contribution in [2.75, 3.05) is 25.4 Å². The molecule has 19 heavy (non-hydrogen) atoms. The second-order valence-electron chi connectivity index (χ2n) is 4.18. The Morgan fingerprint density at radius 2 is 2.21 bits per heavy atom. The fourth-order valence-electron chi connectivity index (χ4n) is 1.88. The topological polar surface area (TPSA) is 92.9 Å². The highest BCUT2D eigenvalue weighted by Crippen LogP contribution is 2.21. The summed E-state index contributed by atoms with van der Waals surface area (Å²) in [5.74, 6) is -1.35. The van der Waals surface area contributed by atoms with Crippen LogP contribution in [-0.2, 0) is 9.53 Å². The van der Waals surface area contributed by atoms with Crippen LogP contribution in [0.5, 0.6) is 0 Å². The van der Waals surface area contributed by atoms with E-state index in [2.05, 4.69) is 15.9 Å². The Kier molecular flexibility index (Phi) is 4.06. The number of benzene rings is 1. The van der Waals surface area contributed by atoms with Gasteiger partial charge in [0.15, 0.2) is 6.10 Å².